The maximum Gasteiger partial charge on any atom is 0.323 e. The summed E-state index contributed by atoms with van der Waals surface area (Å²) in [6.07, 6.45) is 4.07. The summed E-state index contributed by atoms with van der Waals surface area (Å²) in [6.45, 7) is 7.26. The van der Waals surface area contributed by atoms with Gasteiger partial charge in [-0.3, -0.25) is 14.5 Å². The van der Waals surface area contributed by atoms with Crippen molar-refractivity contribution in [3.05, 3.63) is 0 Å². The molecule has 0 aromatic rings. The fourth-order valence-electron chi connectivity index (χ4n) is 3.72. The quantitative estimate of drug-likeness (QED) is 0.741. The highest BCUT2D eigenvalue weighted by Gasteiger charge is 2.33. The van der Waals surface area contributed by atoms with E-state index in [1.54, 1.807) is 0 Å². The predicted octanol–water partition coefficient (Wildman–Crippen LogP) is 1.52. The van der Waals surface area contributed by atoms with Crippen molar-refractivity contribution in [1.82, 2.24) is 9.80 Å². The first-order chi connectivity index (χ1) is 10.0. The van der Waals surface area contributed by atoms with Gasteiger partial charge in [-0.2, -0.15) is 0 Å². The van der Waals surface area contributed by atoms with Gasteiger partial charge in [0.05, 0.1) is 13.7 Å². The molecule has 0 spiro atoms. The van der Waals surface area contributed by atoms with E-state index in [-0.39, 0.29) is 17.9 Å². The molecule has 5 nitrogen and oxygen atoms in total. The fourth-order valence-corrected chi connectivity index (χ4v) is 3.72. The Bertz CT molecular complexity index is 376. The van der Waals surface area contributed by atoms with E-state index in [9.17, 15) is 9.59 Å². The number of likely N-dealkylation sites (tertiary alicyclic amines) is 2. The molecule has 0 radical (unpaired) electrons. The van der Waals surface area contributed by atoms with Crippen molar-refractivity contribution < 1.29 is 14.3 Å². The number of ether oxygens (including phenoxy) is 1. The monoisotopic (exact) mass is 296 g/mol. The Balaban J connectivity index is 1.95. The lowest BCUT2D eigenvalue weighted by atomic mass is 9.92. The van der Waals surface area contributed by atoms with Gasteiger partial charge in [-0.05, 0) is 37.6 Å². The van der Waals surface area contributed by atoms with Crippen LogP contribution in [0.1, 0.15) is 39.5 Å². The number of piperidine rings is 2. The number of hydrogen-bond acceptors (Lipinski definition) is 4. The first-order valence-electron chi connectivity index (χ1n) is 8.11. The fraction of sp³-hybridized carbons (Fsp3) is 0.875. The van der Waals surface area contributed by atoms with Gasteiger partial charge >= 0.3 is 5.97 Å². The van der Waals surface area contributed by atoms with Crippen LogP contribution in [0.5, 0.6) is 0 Å². The van der Waals surface area contributed by atoms with E-state index in [0.29, 0.717) is 18.4 Å². The second-order valence-electron chi connectivity index (χ2n) is 6.75. The molecule has 0 aromatic heterocycles. The van der Waals surface area contributed by atoms with Crippen LogP contribution in [0.2, 0.25) is 0 Å². The van der Waals surface area contributed by atoms with E-state index in [2.05, 4.69) is 13.8 Å². The molecule has 0 aliphatic carbocycles. The molecule has 0 N–H and O–H groups in total. The van der Waals surface area contributed by atoms with E-state index in [4.69, 9.17) is 4.74 Å². The normalized spacial score (nSPS) is 31.0. The Morgan fingerprint density at radius 1 is 1.14 bits per heavy atom. The maximum absolute atomic E-state index is 12.5. The molecule has 2 unspecified atom stereocenters. The summed E-state index contributed by atoms with van der Waals surface area (Å²) in [7, 11) is 1.42. The third-order valence-corrected chi connectivity index (χ3v) is 4.65. The zero-order valence-electron chi connectivity index (χ0n) is 13.5. The Labute approximate surface area is 127 Å². The van der Waals surface area contributed by atoms with Crippen molar-refractivity contribution in [1.29, 1.82) is 0 Å². The predicted molar refractivity (Wildman–Crippen MR) is 80.8 cm³/mol. The minimum Gasteiger partial charge on any atom is -0.468 e. The van der Waals surface area contributed by atoms with Crippen molar-refractivity contribution >= 4 is 11.9 Å². The molecule has 3 atom stereocenters. The van der Waals surface area contributed by atoms with Gasteiger partial charge in [0, 0.05) is 13.1 Å². The molecule has 0 aromatic carbocycles. The molecule has 0 bridgehead atoms. The highest BCUT2D eigenvalue weighted by atomic mass is 16.5. The number of carbonyl (C=O) groups excluding carboxylic acids is 2. The molecule has 0 saturated carbocycles. The zero-order valence-corrected chi connectivity index (χ0v) is 13.5. The average molecular weight is 296 g/mol. The lowest BCUT2D eigenvalue weighted by Crippen LogP contribution is -2.52. The van der Waals surface area contributed by atoms with Crippen LogP contribution in [0.4, 0.5) is 0 Å². The van der Waals surface area contributed by atoms with Crippen LogP contribution >= 0.6 is 0 Å². The number of rotatable bonds is 3. The lowest BCUT2D eigenvalue weighted by molar-refractivity contribution is -0.150. The topological polar surface area (TPSA) is 49.9 Å². The summed E-state index contributed by atoms with van der Waals surface area (Å²) >= 11 is 0. The second kappa shape index (κ2) is 7.25. The molecule has 2 fully saturated rings. The largest absolute Gasteiger partial charge is 0.468 e. The smallest absolute Gasteiger partial charge is 0.323 e. The SMILES string of the molecule is COC(=O)[C@H]1CCCCN1CC(=O)N1CC(C)CC(C)C1. The second-order valence-corrected chi connectivity index (χ2v) is 6.75. The van der Waals surface area contributed by atoms with Gasteiger partial charge in [0.2, 0.25) is 5.91 Å². The third kappa shape index (κ3) is 4.19. The summed E-state index contributed by atoms with van der Waals surface area (Å²) in [5.41, 5.74) is 0. The third-order valence-electron chi connectivity index (χ3n) is 4.65. The highest BCUT2D eigenvalue weighted by Crippen LogP contribution is 2.22. The minimum atomic E-state index is -0.243. The van der Waals surface area contributed by atoms with Crippen LogP contribution < -0.4 is 0 Å². The molecule has 1 amide bonds. The van der Waals surface area contributed by atoms with Gasteiger partial charge in [-0.1, -0.05) is 20.3 Å². The highest BCUT2D eigenvalue weighted by molar-refractivity contribution is 5.80. The maximum atomic E-state index is 12.5. The first-order valence-corrected chi connectivity index (χ1v) is 8.11. The first kappa shape index (κ1) is 16.3. The van der Waals surface area contributed by atoms with Crippen molar-refractivity contribution in [2.24, 2.45) is 11.8 Å². The number of amides is 1. The molecule has 5 heteroatoms. The number of methoxy groups -OCH3 is 1. The summed E-state index contributed by atoms with van der Waals surface area (Å²) in [5.74, 6) is 1.08. The van der Waals surface area contributed by atoms with Crippen LogP contribution in [0, 0.1) is 11.8 Å². The van der Waals surface area contributed by atoms with E-state index in [1.807, 2.05) is 9.80 Å². The van der Waals surface area contributed by atoms with E-state index >= 15 is 0 Å². The number of esters is 1. The molecule has 2 saturated heterocycles. The molecule has 2 aliphatic heterocycles. The van der Waals surface area contributed by atoms with E-state index in [0.717, 1.165) is 38.9 Å². The number of hydrogen-bond donors (Lipinski definition) is 0. The van der Waals surface area contributed by atoms with Crippen molar-refractivity contribution in [3.63, 3.8) is 0 Å². The zero-order chi connectivity index (χ0) is 15.4. The number of carbonyl (C=O) groups is 2. The summed E-state index contributed by atoms with van der Waals surface area (Å²) < 4.78 is 4.88. The summed E-state index contributed by atoms with van der Waals surface area (Å²) in [5, 5.41) is 0. The molecule has 2 heterocycles. The molecular formula is C16H28N2O3. The van der Waals surface area contributed by atoms with Gasteiger partial charge in [0.25, 0.3) is 0 Å². The van der Waals surface area contributed by atoms with Crippen molar-refractivity contribution in [3.8, 4) is 0 Å². The van der Waals surface area contributed by atoms with Gasteiger partial charge in [-0.25, -0.2) is 0 Å². The molecular weight excluding hydrogens is 268 g/mol. The Morgan fingerprint density at radius 2 is 1.81 bits per heavy atom. The lowest BCUT2D eigenvalue weighted by Gasteiger charge is -2.38. The van der Waals surface area contributed by atoms with Gasteiger partial charge < -0.3 is 9.64 Å². The molecule has 2 rings (SSSR count). The van der Waals surface area contributed by atoms with Crippen LogP contribution in [0.25, 0.3) is 0 Å². The van der Waals surface area contributed by atoms with Crippen LogP contribution in [0.15, 0.2) is 0 Å². The van der Waals surface area contributed by atoms with E-state index < -0.39 is 0 Å². The standard InChI is InChI=1S/C16H28N2O3/c1-12-8-13(2)10-18(9-12)15(19)11-17-7-5-4-6-14(17)16(20)21-3/h12-14H,4-11H2,1-3H3/t12?,13?,14-/m1/s1. The van der Waals surface area contributed by atoms with Crippen LogP contribution in [-0.4, -0.2) is 61.0 Å². The Hall–Kier alpha value is -1.10. The molecule has 120 valence electrons. The van der Waals surface area contributed by atoms with Crippen LogP contribution in [-0.2, 0) is 14.3 Å². The Morgan fingerprint density at radius 3 is 2.43 bits per heavy atom. The van der Waals surface area contributed by atoms with Crippen molar-refractivity contribution in [2.45, 2.75) is 45.6 Å². The Kier molecular flexibility index (Phi) is 5.62. The minimum absolute atomic E-state index is 0.157. The number of nitrogens with zero attached hydrogens (tertiary/aromatic N) is 2. The van der Waals surface area contributed by atoms with Gasteiger partial charge in [0.1, 0.15) is 6.04 Å². The molecule has 2 aliphatic rings. The summed E-state index contributed by atoms with van der Waals surface area (Å²) in [6, 6.07) is -0.243. The van der Waals surface area contributed by atoms with E-state index in [1.165, 1.54) is 13.5 Å². The van der Waals surface area contributed by atoms with Gasteiger partial charge in [-0.15, -0.1) is 0 Å². The van der Waals surface area contributed by atoms with Crippen LogP contribution in [0.3, 0.4) is 0 Å². The summed E-state index contributed by atoms with van der Waals surface area (Å²) in [4.78, 5) is 28.4. The average Bonchev–Trinajstić information content (AvgIpc) is 2.46. The van der Waals surface area contributed by atoms with Crippen molar-refractivity contribution in [2.75, 3.05) is 33.3 Å². The van der Waals surface area contributed by atoms with Gasteiger partial charge in [0.15, 0.2) is 0 Å². The molecule has 21 heavy (non-hydrogen) atoms.